The van der Waals surface area contributed by atoms with Crippen molar-refractivity contribution in [2.45, 2.75) is 65.8 Å². The zero-order valence-electron chi connectivity index (χ0n) is 28.8. The number of para-hydroxylation sites is 3. The van der Waals surface area contributed by atoms with E-state index in [0.717, 1.165) is 0 Å². The summed E-state index contributed by atoms with van der Waals surface area (Å²) in [7, 11) is -2.00. The third kappa shape index (κ3) is 4.11. The zero-order valence-corrected chi connectivity index (χ0v) is 31.4. The van der Waals surface area contributed by atoms with Gasteiger partial charge in [-0.3, -0.25) is 0 Å². The maximum Gasteiger partial charge on any atom is 0.333 e. The van der Waals surface area contributed by atoms with Crippen molar-refractivity contribution in [3.05, 3.63) is 126 Å². The minimum Gasteiger partial charge on any atom is -0.376 e. The second-order valence-electron chi connectivity index (χ2n) is 15.5. The molecule has 6 heteroatoms. The van der Waals surface area contributed by atoms with Crippen LogP contribution in [-0.2, 0) is 5.41 Å². The predicted molar refractivity (Wildman–Crippen MR) is 215 cm³/mol. The molecule has 0 radical (unpaired) electrons. The highest BCUT2D eigenvalue weighted by atomic mass is 32.2. The van der Waals surface area contributed by atoms with Gasteiger partial charge in [0, 0.05) is 53.6 Å². The van der Waals surface area contributed by atoms with Crippen molar-refractivity contribution in [2.24, 2.45) is 0 Å². The van der Waals surface area contributed by atoms with E-state index in [2.05, 4.69) is 166 Å². The molecule has 0 spiro atoms. The topological polar surface area (TPSA) is 6.48 Å². The summed E-state index contributed by atoms with van der Waals surface area (Å²) in [6, 6.07) is 44.4. The monoisotopic (exact) mass is 684 g/mol. The van der Waals surface area contributed by atoms with E-state index in [-0.39, 0.29) is 12.3 Å². The Hall–Kier alpha value is -4.10. The summed E-state index contributed by atoms with van der Waals surface area (Å²) in [5.74, 6) is 0. The highest BCUT2D eigenvalue weighted by Crippen LogP contribution is 2.55. The summed E-state index contributed by atoms with van der Waals surface area (Å²) in [6.07, 6.45) is 0. The third-order valence-corrected chi connectivity index (χ3v) is 17.2. The van der Waals surface area contributed by atoms with Gasteiger partial charge in [0.05, 0.1) is 0 Å². The van der Waals surface area contributed by atoms with Gasteiger partial charge in [-0.1, -0.05) is 130 Å². The molecule has 6 aromatic carbocycles. The Morgan fingerprint density at radius 2 is 1.24 bits per heavy atom. The molecule has 49 heavy (non-hydrogen) atoms. The number of rotatable bonds is 1. The number of benzene rings is 6. The molecular weight excluding hydrogens is 648 g/mol. The highest BCUT2D eigenvalue weighted by Gasteiger charge is 2.50. The lowest BCUT2D eigenvalue weighted by Gasteiger charge is -2.50. The average molecular weight is 685 g/mol. The van der Waals surface area contributed by atoms with Crippen LogP contribution in [0.2, 0.25) is 13.1 Å². The van der Waals surface area contributed by atoms with Gasteiger partial charge in [-0.2, -0.15) is 0 Å². The number of hydrogen-bond acceptors (Lipinski definition) is 4. The molecule has 4 aliphatic heterocycles. The van der Waals surface area contributed by atoms with E-state index in [1.54, 1.807) is 0 Å². The van der Waals surface area contributed by atoms with Gasteiger partial charge >= 0.3 is 6.85 Å². The van der Waals surface area contributed by atoms with Crippen molar-refractivity contribution in [3.63, 3.8) is 0 Å². The summed E-state index contributed by atoms with van der Waals surface area (Å²) in [5.41, 5.74) is 14.8. The molecule has 0 saturated heterocycles. The zero-order chi connectivity index (χ0) is 33.4. The number of aryl methyl sites for hydroxylation is 1. The summed E-state index contributed by atoms with van der Waals surface area (Å²) in [5, 5.41) is 3.04. The van der Waals surface area contributed by atoms with Gasteiger partial charge < -0.3 is 9.71 Å². The number of fused-ring (bicyclic) bond motifs is 8. The Bertz CT molecular complexity index is 2410. The molecular formula is C43H37BN2S2Si. The summed E-state index contributed by atoms with van der Waals surface area (Å²) in [4.78, 5) is 10.7. The van der Waals surface area contributed by atoms with Gasteiger partial charge in [0.2, 0.25) is 0 Å². The second kappa shape index (κ2) is 10.2. The van der Waals surface area contributed by atoms with Crippen LogP contribution in [0.25, 0.3) is 11.1 Å². The minimum atomic E-state index is -2.00. The number of nitrogens with zero attached hydrogens (tertiary/aromatic N) is 2. The Morgan fingerprint density at radius 1 is 0.592 bits per heavy atom. The van der Waals surface area contributed by atoms with Gasteiger partial charge in [0.15, 0.2) is 0 Å². The summed E-state index contributed by atoms with van der Waals surface area (Å²) < 4.78 is 0. The molecule has 0 atom stereocenters. The van der Waals surface area contributed by atoms with Crippen LogP contribution in [0.4, 0.5) is 28.4 Å². The highest BCUT2D eigenvalue weighted by molar-refractivity contribution is 8.05. The Balaban J connectivity index is 1.35. The van der Waals surface area contributed by atoms with Crippen LogP contribution in [0.1, 0.15) is 31.9 Å². The van der Waals surface area contributed by atoms with Crippen LogP contribution in [0.15, 0.2) is 135 Å². The fourth-order valence-electron chi connectivity index (χ4n) is 8.66. The molecule has 0 unspecified atom stereocenters. The van der Waals surface area contributed by atoms with E-state index in [4.69, 9.17) is 0 Å². The van der Waals surface area contributed by atoms with Crippen molar-refractivity contribution >= 4 is 88.2 Å². The molecule has 0 aromatic heterocycles. The smallest absolute Gasteiger partial charge is 0.333 e. The van der Waals surface area contributed by atoms with Crippen LogP contribution < -0.4 is 31.0 Å². The summed E-state index contributed by atoms with van der Waals surface area (Å²) >= 11 is 3.83. The molecule has 238 valence electrons. The SMILES string of the molecule is Cc1ccccc1N1B2c3cccc4c3N(c3ccccc3[Si]4(C)C)c3cc(C(C)(C)C)cc(c32)-c2cc3c(cc21)Sc1ccccc1S3. The van der Waals surface area contributed by atoms with Crippen molar-refractivity contribution in [1.82, 2.24) is 0 Å². The molecule has 4 aliphatic rings. The molecule has 0 N–H and O–H groups in total. The van der Waals surface area contributed by atoms with Gasteiger partial charge in [-0.05, 0) is 92.8 Å². The quantitative estimate of drug-likeness (QED) is 0.159. The molecule has 2 nitrogen and oxygen atoms in total. The Labute approximate surface area is 299 Å². The Morgan fingerprint density at radius 3 is 1.98 bits per heavy atom. The molecule has 0 saturated carbocycles. The minimum absolute atomic E-state index is 0.0186. The maximum absolute atomic E-state index is 2.70. The second-order valence-corrected chi connectivity index (χ2v) is 21.9. The largest absolute Gasteiger partial charge is 0.376 e. The van der Waals surface area contributed by atoms with Gasteiger partial charge in [-0.25, -0.2) is 0 Å². The Kier molecular flexibility index (Phi) is 6.21. The van der Waals surface area contributed by atoms with E-state index >= 15 is 0 Å². The lowest BCUT2D eigenvalue weighted by molar-refractivity contribution is 0.590. The molecule has 0 fully saturated rings. The molecule has 0 aliphatic carbocycles. The standard InChI is InChI=1S/C43H37BN2S2Si/c1-26-14-7-8-16-31(26)46-33-25-38-37(47-35-18-10-11-19-36(35)48-38)24-28(33)29-22-27(43(2,3)4)23-34-41(29)44(46)30-15-13-21-40-42(30)45(34)32-17-9-12-20-39(32)49(40,5)6/h7-25H,1-6H3. The van der Waals surface area contributed by atoms with Crippen LogP contribution >= 0.6 is 23.5 Å². The normalized spacial score (nSPS) is 15.8. The fourth-order valence-corrected chi connectivity index (χ4v) is 13.9. The average Bonchev–Trinajstić information content (AvgIpc) is 3.09. The molecule has 6 aromatic rings. The van der Waals surface area contributed by atoms with Crippen LogP contribution in [-0.4, -0.2) is 14.9 Å². The van der Waals surface area contributed by atoms with Crippen molar-refractivity contribution in [1.29, 1.82) is 0 Å². The van der Waals surface area contributed by atoms with Gasteiger partial charge in [0.1, 0.15) is 8.07 Å². The van der Waals surface area contributed by atoms with Crippen molar-refractivity contribution in [3.8, 4) is 11.1 Å². The number of hydrogen-bond donors (Lipinski definition) is 0. The van der Waals surface area contributed by atoms with Crippen LogP contribution in [0, 0.1) is 6.92 Å². The molecule has 10 rings (SSSR count). The van der Waals surface area contributed by atoms with Crippen molar-refractivity contribution in [2.75, 3.05) is 9.71 Å². The van der Waals surface area contributed by atoms with Gasteiger partial charge in [0.25, 0.3) is 0 Å². The first-order chi connectivity index (χ1) is 23.6. The lowest BCUT2D eigenvalue weighted by Crippen LogP contribution is -2.67. The van der Waals surface area contributed by atoms with Crippen LogP contribution in [0.5, 0.6) is 0 Å². The van der Waals surface area contributed by atoms with E-state index in [0.29, 0.717) is 0 Å². The third-order valence-electron chi connectivity index (χ3n) is 11.1. The molecule has 4 heterocycles. The first-order valence-electron chi connectivity index (χ1n) is 17.3. The maximum atomic E-state index is 2.70. The van der Waals surface area contributed by atoms with E-state index in [9.17, 15) is 0 Å². The molecule has 0 amide bonds. The van der Waals surface area contributed by atoms with Crippen LogP contribution in [0.3, 0.4) is 0 Å². The van der Waals surface area contributed by atoms with Gasteiger partial charge in [-0.15, -0.1) is 0 Å². The van der Waals surface area contributed by atoms with E-state index in [1.807, 2.05) is 23.5 Å². The fraction of sp³-hybridized carbons (Fsp3) is 0.163. The number of anilines is 5. The first-order valence-corrected chi connectivity index (χ1v) is 21.9. The van der Waals surface area contributed by atoms with E-state index in [1.165, 1.54) is 91.6 Å². The van der Waals surface area contributed by atoms with E-state index < -0.39 is 8.07 Å². The predicted octanol–water partition coefficient (Wildman–Crippen LogP) is 9.75. The first kappa shape index (κ1) is 29.8. The lowest BCUT2D eigenvalue weighted by atomic mass is 9.43. The summed E-state index contributed by atoms with van der Waals surface area (Å²) in [6.45, 7) is 14.5. The van der Waals surface area contributed by atoms with Crippen molar-refractivity contribution < 1.29 is 0 Å². The molecule has 0 bridgehead atoms.